The van der Waals surface area contributed by atoms with E-state index in [1.54, 1.807) is 7.11 Å². The number of rotatable bonds is 7. The number of H-pyrrole nitrogens is 1. The molecule has 0 radical (unpaired) electrons. The molecule has 1 N–H and O–H groups in total. The van der Waals surface area contributed by atoms with Gasteiger partial charge in [0.05, 0.1) is 25.5 Å². The largest absolute Gasteiger partial charge is 0.497 e. The number of aromatic amines is 1. The van der Waals surface area contributed by atoms with Crippen molar-refractivity contribution in [3.8, 4) is 34.3 Å². The highest BCUT2D eigenvalue weighted by atomic mass is 16.7. The summed E-state index contributed by atoms with van der Waals surface area (Å²) < 4.78 is 22.1. The van der Waals surface area contributed by atoms with Crippen LogP contribution in [-0.4, -0.2) is 41.5 Å². The monoisotopic (exact) mass is 483 g/mol. The molecule has 182 valence electrons. The van der Waals surface area contributed by atoms with E-state index in [1.165, 1.54) is 0 Å². The molecule has 1 aromatic heterocycles. The minimum atomic E-state index is -0.353. The Morgan fingerprint density at radius 2 is 1.86 bits per heavy atom. The van der Waals surface area contributed by atoms with Crippen molar-refractivity contribution in [1.82, 2.24) is 15.1 Å². The summed E-state index contributed by atoms with van der Waals surface area (Å²) in [5, 5.41) is 7.57. The van der Waals surface area contributed by atoms with Gasteiger partial charge in [-0.3, -0.25) is 9.89 Å². The van der Waals surface area contributed by atoms with E-state index in [-0.39, 0.29) is 18.7 Å². The summed E-state index contributed by atoms with van der Waals surface area (Å²) >= 11 is 0. The molecular weight excluding hydrogens is 458 g/mol. The van der Waals surface area contributed by atoms with Crippen LogP contribution < -0.4 is 18.9 Å². The number of carbonyl (C=O) groups excluding carboxylic acids is 1. The van der Waals surface area contributed by atoms with Gasteiger partial charge in [0.15, 0.2) is 11.5 Å². The van der Waals surface area contributed by atoms with Crippen LogP contribution in [0.5, 0.6) is 23.0 Å². The van der Waals surface area contributed by atoms with Gasteiger partial charge >= 0.3 is 0 Å². The molecule has 6 rings (SSSR count). The second kappa shape index (κ2) is 8.96. The zero-order valence-corrected chi connectivity index (χ0v) is 20.0. The van der Waals surface area contributed by atoms with Crippen LogP contribution in [0.3, 0.4) is 0 Å². The van der Waals surface area contributed by atoms with Crippen molar-refractivity contribution < 1.29 is 23.7 Å². The third-order valence-corrected chi connectivity index (χ3v) is 6.50. The first-order valence-electron chi connectivity index (χ1n) is 11.8. The molecule has 0 fully saturated rings. The molecule has 3 aromatic carbocycles. The quantitative estimate of drug-likeness (QED) is 0.400. The van der Waals surface area contributed by atoms with E-state index in [0.29, 0.717) is 30.3 Å². The third kappa shape index (κ3) is 3.71. The molecule has 8 heteroatoms. The maximum absolute atomic E-state index is 13.7. The fourth-order valence-corrected chi connectivity index (χ4v) is 4.85. The number of ether oxygens (including phenoxy) is 4. The average molecular weight is 484 g/mol. The van der Waals surface area contributed by atoms with Gasteiger partial charge < -0.3 is 23.8 Å². The van der Waals surface area contributed by atoms with Crippen LogP contribution in [0.4, 0.5) is 0 Å². The number of aromatic nitrogens is 2. The molecule has 0 spiro atoms. The molecule has 0 aliphatic carbocycles. The minimum Gasteiger partial charge on any atom is -0.497 e. The van der Waals surface area contributed by atoms with Crippen molar-refractivity contribution in [3.05, 3.63) is 89.1 Å². The molecule has 4 aromatic rings. The number of hydrogen-bond donors (Lipinski definition) is 1. The van der Waals surface area contributed by atoms with Crippen molar-refractivity contribution in [2.24, 2.45) is 0 Å². The highest BCUT2D eigenvalue weighted by Gasteiger charge is 2.42. The molecule has 1 unspecified atom stereocenters. The van der Waals surface area contributed by atoms with Gasteiger partial charge in [-0.2, -0.15) is 5.10 Å². The summed E-state index contributed by atoms with van der Waals surface area (Å²) in [6, 6.07) is 21.0. The molecule has 0 bridgehead atoms. The summed E-state index contributed by atoms with van der Waals surface area (Å²) in [6.45, 7) is 3.11. The van der Waals surface area contributed by atoms with Crippen LogP contribution in [0, 0.1) is 0 Å². The lowest BCUT2D eigenvalue weighted by atomic mass is 9.95. The van der Waals surface area contributed by atoms with Crippen molar-refractivity contribution in [1.29, 1.82) is 0 Å². The van der Waals surface area contributed by atoms with E-state index in [1.807, 2.05) is 78.6 Å². The number of benzene rings is 3. The van der Waals surface area contributed by atoms with E-state index < -0.39 is 0 Å². The lowest BCUT2D eigenvalue weighted by Gasteiger charge is -2.27. The third-order valence-electron chi connectivity index (χ3n) is 6.50. The first-order chi connectivity index (χ1) is 17.7. The molecule has 0 saturated carbocycles. The standard InChI is InChI=1S/C28H25N3O5/c1-3-34-21-6-4-5-19(14-21)27-24-25(18-8-10-20(33-2)11-9-18)29-30-26(24)28(32)31(27)15-17-7-12-22-23(13-17)36-16-35-22/h4-14,27H,3,15-16H2,1-2H3,(H,29,30). The first kappa shape index (κ1) is 22.0. The van der Waals surface area contributed by atoms with Crippen LogP contribution in [-0.2, 0) is 6.54 Å². The predicted octanol–water partition coefficient (Wildman–Crippen LogP) is 4.96. The van der Waals surface area contributed by atoms with Crippen LogP contribution >= 0.6 is 0 Å². The first-order valence-corrected chi connectivity index (χ1v) is 11.8. The molecule has 0 saturated heterocycles. The van der Waals surface area contributed by atoms with E-state index in [0.717, 1.165) is 39.4 Å². The summed E-state index contributed by atoms with van der Waals surface area (Å²) in [7, 11) is 1.63. The topological polar surface area (TPSA) is 85.9 Å². The van der Waals surface area contributed by atoms with Gasteiger partial charge in [0.1, 0.15) is 17.2 Å². The molecule has 2 aliphatic rings. The maximum atomic E-state index is 13.7. The Morgan fingerprint density at radius 3 is 2.67 bits per heavy atom. The zero-order valence-electron chi connectivity index (χ0n) is 20.0. The van der Waals surface area contributed by atoms with Gasteiger partial charge in [0.25, 0.3) is 5.91 Å². The summed E-state index contributed by atoms with van der Waals surface area (Å²) in [6.07, 6.45) is 0. The lowest BCUT2D eigenvalue weighted by Crippen LogP contribution is -2.29. The van der Waals surface area contributed by atoms with Crippen molar-refractivity contribution in [3.63, 3.8) is 0 Å². The fraction of sp³-hybridized carbons (Fsp3) is 0.214. The lowest BCUT2D eigenvalue weighted by molar-refractivity contribution is 0.0729. The highest BCUT2D eigenvalue weighted by Crippen LogP contribution is 2.44. The van der Waals surface area contributed by atoms with E-state index in [9.17, 15) is 4.79 Å². The summed E-state index contributed by atoms with van der Waals surface area (Å²) in [5.41, 5.74) is 4.87. The second-order valence-corrected chi connectivity index (χ2v) is 8.62. The molecule has 2 aliphatic heterocycles. The number of nitrogens with zero attached hydrogens (tertiary/aromatic N) is 2. The fourth-order valence-electron chi connectivity index (χ4n) is 4.85. The number of fused-ring (bicyclic) bond motifs is 2. The highest BCUT2D eigenvalue weighted by molar-refractivity contribution is 6.00. The predicted molar refractivity (Wildman–Crippen MR) is 132 cm³/mol. The van der Waals surface area contributed by atoms with Crippen LogP contribution in [0.25, 0.3) is 11.3 Å². The van der Waals surface area contributed by atoms with Gasteiger partial charge in [-0.25, -0.2) is 0 Å². The SMILES string of the molecule is CCOc1cccc(C2c3c(-c4ccc(OC)cc4)n[nH]c3C(=O)N2Cc2ccc3c(c2)OCO3)c1. The van der Waals surface area contributed by atoms with Crippen LogP contribution in [0.1, 0.15) is 40.1 Å². The van der Waals surface area contributed by atoms with E-state index >= 15 is 0 Å². The second-order valence-electron chi connectivity index (χ2n) is 8.62. The molecule has 1 atom stereocenters. The van der Waals surface area contributed by atoms with E-state index in [2.05, 4.69) is 10.2 Å². The van der Waals surface area contributed by atoms with Crippen molar-refractivity contribution >= 4 is 5.91 Å². The minimum absolute atomic E-state index is 0.109. The number of amides is 1. The smallest absolute Gasteiger partial charge is 0.273 e. The Labute approximate surface area is 208 Å². The molecule has 1 amide bonds. The van der Waals surface area contributed by atoms with E-state index in [4.69, 9.17) is 18.9 Å². The van der Waals surface area contributed by atoms with Crippen LogP contribution in [0.15, 0.2) is 66.7 Å². The molecular formula is C28H25N3O5. The van der Waals surface area contributed by atoms with Gasteiger partial charge in [0, 0.05) is 17.7 Å². The Morgan fingerprint density at radius 1 is 1.03 bits per heavy atom. The number of nitrogens with one attached hydrogen (secondary N) is 1. The Hall–Kier alpha value is -4.46. The summed E-state index contributed by atoms with van der Waals surface area (Å²) in [4.78, 5) is 15.6. The summed E-state index contributed by atoms with van der Waals surface area (Å²) in [5.74, 6) is 2.80. The maximum Gasteiger partial charge on any atom is 0.273 e. The molecule has 3 heterocycles. The zero-order chi connectivity index (χ0) is 24.6. The van der Waals surface area contributed by atoms with Gasteiger partial charge in [-0.15, -0.1) is 0 Å². The number of hydrogen-bond acceptors (Lipinski definition) is 6. The Kier molecular flexibility index (Phi) is 5.48. The Balaban J connectivity index is 1.44. The molecule has 8 nitrogen and oxygen atoms in total. The van der Waals surface area contributed by atoms with Crippen molar-refractivity contribution in [2.45, 2.75) is 19.5 Å². The van der Waals surface area contributed by atoms with Crippen molar-refractivity contribution in [2.75, 3.05) is 20.5 Å². The molecule has 36 heavy (non-hydrogen) atoms. The average Bonchev–Trinajstić information content (AvgIpc) is 3.61. The Bertz CT molecular complexity index is 1430. The van der Waals surface area contributed by atoms with Gasteiger partial charge in [-0.1, -0.05) is 18.2 Å². The number of methoxy groups -OCH3 is 1. The van der Waals surface area contributed by atoms with Crippen LogP contribution in [0.2, 0.25) is 0 Å². The van der Waals surface area contributed by atoms with Gasteiger partial charge in [-0.05, 0) is 66.6 Å². The number of carbonyl (C=O) groups is 1. The van der Waals surface area contributed by atoms with Gasteiger partial charge in [0.2, 0.25) is 6.79 Å². The normalized spacial score (nSPS) is 15.8.